The first-order valence-corrected chi connectivity index (χ1v) is 11.8. The highest BCUT2D eigenvalue weighted by atomic mass is 32.1. The topological polar surface area (TPSA) is 90.7 Å². The van der Waals surface area contributed by atoms with E-state index in [-0.39, 0.29) is 25.3 Å². The molecule has 2 heterocycles. The van der Waals surface area contributed by atoms with Gasteiger partial charge in [0.2, 0.25) is 0 Å². The molecule has 0 aliphatic heterocycles. The molecular formula is C26H26N2O5S. The third-order valence-corrected chi connectivity index (χ3v) is 6.66. The SMILES string of the molecule is CCOC(=O)c1sc2nc(C)n(CC(O)COc3ccc(-c4ccccc4)cc3)c(=O)c2c1C. The normalized spacial score (nSPS) is 12.0. The average Bonchev–Trinajstić information content (AvgIpc) is 3.17. The van der Waals surface area contributed by atoms with Crippen LogP contribution in [0.3, 0.4) is 0 Å². The molecule has 0 spiro atoms. The summed E-state index contributed by atoms with van der Waals surface area (Å²) >= 11 is 1.15. The van der Waals surface area contributed by atoms with E-state index in [9.17, 15) is 14.7 Å². The number of ether oxygens (including phenoxy) is 2. The first kappa shape index (κ1) is 23.7. The van der Waals surface area contributed by atoms with Crippen LogP contribution < -0.4 is 10.3 Å². The van der Waals surface area contributed by atoms with Gasteiger partial charge in [0.05, 0.1) is 18.5 Å². The Kier molecular flexibility index (Phi) is 7.09. The van der Waals surface area contributed by atoms with Crippen LogP contribution in [0.25, 0.3) is 21.3 Å². The first-order chi connectivity index (χ1) is 16.4. The number of thiophene rings is 1. The van der Waals surface area contributed by atoms with Crippen LogP contribution in [0.1, 0.15) is 28.0 Å². The highest BCUT2D eigenvalue weighted by Gasteiger charge is 2.22. The van der Waals surface area contributed by atoms with Gasteiger partial charge in [0, 0.05) is 0 Å². The van der Waals surface area contributed by atoms with Gasteiger partial charge in [0.15, 0.2) is 0 Å². The van der Waals surface area contributed by atoms with Gasteiger partial charge < -0.3 is 14.6 Å². The Morgan fingerprint density at radius 2 is 1.76 bits per heavy atom. The second-order valence-electron chi connectivity index (χ2n) is 7.89. The molecule has 0 saturated carbocycles. The Hall–Kier alpha value is -3.49. The molecule has 0 amide bonds. The lowest BCUT2D eigenvalue weighted by Gasteiger charge is -2.16. The number of aliphatic hydroxyl groups is 1. The van der Waals surface area contributed by atoms with Gasteiger partial charge in [-0.2, -0.15) is 0 Å². The summed E-state index contributed by atoms with van der Waals surface area (Å²) in [6.45, 7) is 5.45. The van der Waals surface area contributed by atoms with E-state index in [4.69, 9.17) is 9.47 Å². The Morgan fingerprint density at radius 3 is 2.44 bits per heavy atom. The molecule has 0 fully saturated rings. The molecule has 1 N–H and O–H groups in total. The van der Waals surface area contributed by atoms with Gasteiger partial charge >= 0.3 is 5.97 Å². The van der Waals surface area contributed by atoms with Gasteiger partial charge in [-0.05, 0) is 49.6 Å². The highest BCUT2D eigenvalue weighted by Crippen LogP contribution is 2.28. The Labute approximate surface area is 201 Å². The van der Waals surface area contributed by atoms with E-state index in [0.29, 0.717) is 32.2 Å². The van der Waals surface area contributed by atoms with Crippen LogP contribution in [0.2, 0.25) is 0 Å². The molecule has 0 aliphatic carbocycles. The number of hydrogen-bond donors (Lipinski definition) is 1. The predicted octanol–water partition coefficient (Wildman–Crippen LogP) is 4.36. The van der Waals surface area contributed by atoms with Crippen molar-refractivity contribution in [1.82, 2.24) is 9.55 Å². The molecule has 8 heteroatoms. The molecule has 2 aromatic carbocycles. The number of nitrogens with zero attached hydrogens (tertiary/aromatic N) is 2. The molecular weight excluding hydrogens is 452 g/mol. The van der Waals surface area contributed by atoms with Crippen molar-refractivity contribution in [2.45, 2.75) is 33.4 Å². The lowest BCUT2D eigenvalue weighted by atomic mass is 10.1. The van der Waals surface area contributed by atoms with Crippen molar-refractivity contribution in [3.8, 4) is 16.9 Å². The maximum Gasteiger partial charge on any atom is 0.348 e. The summed E-state index contributed by atoms with van der Waals surface area (Å²) in [6, 6.07) is 17.7. The van der Waals surface area contributed by atoms with Crippen LogP contribution in [0.15, 0.2) is 59.4 Å². The van der Waals surface area contributed by atoms with Crippen molar-refractivity contribution in [1.29, 1.82) is 0 Å². The molecule has 2 aromatic heterocycles. The van der Waals surface area contributed by atoms with Gasteiger partial charge in [0.25, 0.3) is 5.56 Å². The molecule has 176 valence electrons. The van der Waals surface area contributed by atoms with E-state index < -0.39 is 12.1 Å². The molecule has 34 heavy (non-hydrogen) atoms. The molecule has 4 aromatic rings. The summed E-state index contributed by atoms with van der Waals surface area (Å²) in [5.41, 5.74) is 2.44. The summed E-state index contributed by atoms with van der Waals surface area (Å²) < 4.78 is 12.2. The number of carbonyl (C=O) groups excluding carboxylic acids is 1. The second-order valence-corrected chi connectivity index (χ2v) is 8.89. The standard InChI is InChI=1S/C26H26N2O5S/c1-4-32-26(31)23-16(2)22-24(34-23)27-17(3)28(25(22)30)14-20(29)15-33-21-12-10-19(11-13-21)18-8-6-5-7-9-18/h5-13,20,29H,4,14-15H2,1-3H3. The summed E-state index contributed by atoms with van der Waals surface area (Å²) in [7, 11) is 0. The monoisotopic (exact) mass is 478 g/mol. The van der Waals surface area contributed by atoms with Crippen molar-refractivity contribution in [2.75, 3.05) is 13.2 Å². The third kappa shape index (κ3) is 4.88. The van der Waals surface area contributed by atoms with E-state index >= 15 is 0 Å². The Bertz CT molecular complexity index is 1360. The van der Waals surface area contributed by atoms with Crippen molar-refractivity contribution in [2.24, 2.45) is 0 Å². The maximum absolute atomic E-state index is 13.2. The van der Waals surface area contributed by atoms with Gasteiger partial charge in [0.1, 0.15) is 34.0 Å². The number of esters is 1. The van der Waals surface area contributed by atoms with E-state index in [0.717, 1.165) is 22.5 Å². The summed E-state index contributed by atoms with van der Waals surface area (Å²) in [4.78, 5) is 30.7. The molecule has 0 bridgehead atoms. The van der Waals surface area contributed by atoms with E-state index in [1.807, 2.05) is 54.6 Å². The molecule has 0 saturated heterocycles. The van der Waals surface area contributed by atoms with Crippen molar-refractivity contribution in [3.05, 3.63) is 81.2 Å². The van der Waals surface area contributed by atoms with Gasteiger partial charge in [-0.25, -0.2) is 9.78 Å². The molecule has 0 radical (unpaired) electrons. The van der Waals surface area contributed by atoms with Crippen LogP contribution in [0, 0.1) is 13.8 Å². The zero-order valence-electron chi connectivity index (χ0n) is 19.3. The van der Waals surface area contributed by atoms with Crippen LogP contribution in [-0.2, 0) is 11.3 Å². The number of aliphatic hydroxyl groups excluding tert-OH is 1. The van der Waals surface area contributed by atoms with Crippen LogP contribution in [0.4, 0.5) is 0 Å². The molecule has 1 unspecified atom stereocenters. The molecule has 1 atom stereocenters. The minimum atomic E-state index is -0.923. The number of aromatic nitrogens is 2. The van der Waals surface area contributed by atoms with Crippen LogP contribution >= 0.6 is 11.3 Å². The van der Waals surface area contributed by atoms with E-state index in [1.54, 1.807) is 20.8 Å². The molecule has 0 aliphatic rings. The van der Waals surface area contributed by atoms with Crippen LogP contribution in [0.5, 0.6) is 5.75 Å². The quantitative estimate of drug-likeness (QED) is 0.379. The fraction of sp³-hybridized carbons (Fsp3) is 0.269. The predicted molar refractivity (Wildman–Crippen MR) is 133 cm³/mol. The number of aryl methyl sites for hydroxylation is 2. The third-order valence-electron chi connectivity index (χ3n) is 5.50. The lowest BCUT2D eigenvalue weighted by molar-refractivity contribution is 0.0531. The molecule has 4 rings (SSSR count). The number of hydrogen-bond acceptors (Lipinski definition) is 7. The van der Waals surface area contributed by atoms with Crippen molar-refractivity contribution < 1.29 is 19.4 Å². The first-order valence-electron chi connectivity index (χ1n) is 11.0. The smallest absolute Gasteiger partial charge is 0.348 e. The Balaban J connectivity index is 1.47. The second kappa shape index (κ2) is 10.2. The average molecular weight is 479 g/mol. The van der Waals surface area contributed by atoms with Gasteiger partial charge in [-0.15, -0.1) is 11.3 Å². The van der Waals surface area contributed by atoms with Crippen molar-refractivity contribution >= 4 is 27.5 Å². The maximum atomic E-state index is 13.2. The fourth-order valence-corrected chi connectivity index (χ4v) is 4.87. The van der Waals surface area contributed by atoms with Gasteiger partial charge in [-0.3, -0.25) is 9.36 Å². The number of fused-ring (bicyclic) bond motifs is 1. The highest BCUT2D eigenvalue weighted by molar-refractivity contribution is 7.20. The number of carbonyl (C=O) groups is 1. The van der Waals surface area contributed by atoms with Crippen LogP contribution in [-0.4, -0.2) is 39.9 Å². The summed E-state index contributed by atoms with van der Waals surface area (Å²) in [5, 5.41) is 10.9. The van der Waals surface area contributed by atoms with E-state index in [1.165, 1.54) is 4.57 Å². The molecule has 7 nitrogen and oxygen atoms in total. The lowest BCUT2D eigenvalue weighted by Crippen LogP contribution is -2.32. The fourth-order valence-electron chi connectivity index (χ4n) is 3.75. The zero-order chi connectivity index (χ0) is 24.2. The van der Waals surface area contributed by atoms with E-state index in [2.05, 4.69) is 4.98 Å². The summed E-state index contributed by atoms with van der Waals surface area (Å²) in [6.07, 6.45) is -0.923. The van der Waals surface area contributed by atoms with Crippen molar-refractivity contribution in [3.63, 3.8) is 0 Å². The largest absolute Gasteiger partial charge is 0.491 e. The summed E-state index contributed by atoms with van der Waals surface area (Å²) in [5.74, 6) is 0.628. The zero-order valence-corrected chi connectivity index (χ0v) is 20.1. The number of rotatable bonds is 8. The number of benzene rings is 2. The minimum absolute atomic E-state index is 0.0191. The Morgan fingerprint density at radius 1 is 1.09 bits per heavy atom. The minimum Gasteiger partial charge on any atom is -0.491 e. The van der Waals surface area contributed by atoms with Gasteiger partial charge in [-0.1, -0.05) is 42.5 Å².